The third kappa shape index (κ3) is 0.920. The van der Waals surface area contributed by atoms with E-state index in [1.54, 1.807) is 0 Å². The van der Waals surface area contributed by atoms with Gasteiger partial charge in [-0.3, -0.25) is 4.79 Å². The number of rotatable bonds is 1. The first-order valence-corrected chi connectivity index (χ1v) is 3.29. The van der Waals surface area contributed by atoms with Crippen LogP contribution in [0.25, 0.3) is 0 Å². The number of ether oxygens (including phenoxy) is 1. The summed E-state index contributed by atoms with van der Waals surface area (Å²) in [5, 5.41) is 3.12. The van der Waals surface area contributed by atoms with Crippen LogP contribution in [-0.4, -0.2) is 24.7 Å². The highest BCUT2D eigenvalue weighted by Gasteiger charge is 2.37. The highest BCUT2D eigenvalue weighted by Crippen LogP contribution is 2.20. The summed E-state index contributed by atoms with van der Waals surface area (Å²) in [7, 11) is 0. The molecule has 0 saturated carbocycles. The molecule has 2 heterocycles. The minimum atomic E-state index is -0.0336. The fourth-order valence-electron chi connectivity index (χ4n) is 1.16. The van der Waals surface area contributed by atoms with Crippen molar-refractivity contribution in [3.8, 4) is 0 Å². The Balaban J connectivity index is 1.92. The summed E-state index contributed by atoms with van der Waals surface area (Å²) < 4.78 is 4.98. The number of carbonyl (C=O) groups is 1. The number of hydrogen-bond donors (Lipinski definition) is 1. The monoisotopic (exact) mass is 127 g/mol. The molecular weight excluding hydrogens is 118 g/mol. The van der Waals surface area contributed by atoms with Crippen LogP contribution in [0.1, 0.15) is 12.8 Å². The molecule has 2 fully saturated rings. The molecule has 0 radical (unpaired) electrons. The molecule has 1 N–H and O–H groups in total. The molecule has 9 heavy (non-hydrogen) atoms. The molecule has 0 bridgehead atoms. The third-order valence-corrected chi connectivity index (χ3v) is 1.80. The minimum Gasteiger partial charge on any atom is -0.461 e. The van der Waals surface area contributed by atoms with Crippen molar-refractivity contribution in [2.24, 2.45) is 0 Å². The molecule has 2 rings (SSSR count). The van der Waals surface area contributed by atoms with Gasteiger partial charge in [0.15, 0.2) is 0 Å². The predicted octanol–water partition coefficient (Wildman–Crippen LogP) is -0.336. The van der Waals surface area contributed by atoms with Crippen molar-refractivity contribution in [1.29, 1.82) is 0 Å². The van der Waals surface area contributed by atoms with Gasteiger partial charge in [-0.05, 0) is 6.42 Å². The molecule has 0 spiro atoms. The van der Waals surface area contributed by atoms with Crippen LogP contribution in [0, 0.1) is 0 Å². The van der Waals surface area contributed by atoms with Crippen LogP contribution in [-0.2, 0) is 9.53 Å². The molecule has 2 saturated heterocycles. The minimum absolute atomic E-state index is 0.0336. The van der Waals surface area contributed by atoms with Crippen molar-refractivity contribution in [2.45, 2.75) is 25.0 Å². The molecule has 3 nitrogen and oxygen atoms in total. The van der Waals surface area contributed by atoms with E-state index in [4.69, 9.17) is 4.74 Å². The van der Waals surface area contributed by atoms with Crippen LogP contribution in [0.15, 0.2) is 0 Å². The zero-order chi connectivity index (χ0) is 6.27. The molecule has 0 amide bonds. The predicted molar refractivity (Wildman–Crippen MR) is 30.9 cm³/mol. The summed E-state index contributed by atoms with van der Waals surface area (Å²) >= 11 is 0. The van der Waals surface area contributed by atoms with Crippen molar-refractivity contribution in [3.63, 3.8) is 0 Å². The smallest absolute Gasteiger partial charge is 0.306 e. The Bertz CT molecular complexity index is 142. The maximum atomic E-state index is 10.5. The lowest BCUT2D eigenvalue weighted by molar-refractivity contribution is -0.141. The van der Waals surface area contributed by atoms with Gasteiger partial charge in [-0.1, -0.05) is 0 Å². The van der Waals surface area contributed by atoms with Gasteiger partial charge in [0.1, 0.15) is 6.10 Å². The standard InChI is InChI=1S/C6H9NO2/c8-6-2-1-5(9-6)4-3-7-4/h4-5,7H,1-3H2/t4-,5-/m0/s1. The summed E-state index contributed by atoms with van der Waals surface area (Å²) in [4.78, 5) is 10.5. The number of hydrogen-bond acceptors (Lipinski definition) is 3. The molecule has 0 unspecified atom stereocenters. The average molecular weight is 127 g/mol. The van der Waals surface area contributed by atoms with Crippen molar-refractivity contribution >= 4 is 5.97 Å². The lowest BCUT2D eigenvalue weighted by Crippen LogP contribution is -2.16. The normalized spacial score (nSPS) is 40.7. The van der Waals surface area contributed by atoms with Gasteiger partial charge in [-0.2, -0.15) is 0 Å². The Morgan fingerprint density at radius 1 is 1.67 bits per heavy atom. The van der Waals surface area contributed by atoms with E-state index in [0.29, 0.717) is 12.5 Å². The van der Waals surface area contributed by atoms with Gasteiger partial charge in [-0.25, -0.2) is 0 Å². The average Bonchev–Trinajstić information content (AvgIpc) is 2.58. The molecule has 0 aromatic rings. The second-order valence-electron chi connectivity index (χ2n) is 2.58. The quantitative estimate of drug-likeness (QED) is 0.387. The van der Waals surface area contributed by atoms with Gasteiger partial charge in [0.05, 0.1) is 6.04 Å². The Labute approximate surface area is 53.4 Å². The lowest BCUT2D eigenvalue weighted by atomic mass is 10.2. The Kier molecular flexibility index (Phi) is 0.990. The van der Waals surface area contributed by atoms with Gasteiger partial charge in [-0.15, -0.1) is 0 Å². The Hall–Kier alpha value is -0.570. The maximum absolute atomic E-state index is 10.5. The molecule has 2 aliphatic rings. The van der Waals surface area contributed by atoms with Crippen LogP contribution in [0.4, 0.5) is 0 Å². The van der Waals surface area contributed by atoms with E-state index in [1.807, 2.05) is 0 Å². The Morgan fingerprint density at radius 3 is 2.89 bits per heavy atom. The third-order valence-electron chi connectivity index (χ3n) is 1.80. The fourth-order valence-corrected chi connectivity index (χ4v) is 1.16. The topological polar surface area (TPSA) is 48.2 Å². The van der Waals surface area contributed by atoms with Crippen LogP contribution in [0.2, 0.25) is 0 Å². The number of carbonyl (C=O) groups excluding carboxylic acids is 1. The summed E-state index contributed by atoms with van der Waals surface area (Å²) in [6.45, 7) is 1.03. The first kappa shape index (κ1) is 5.23. The van der Waals surface area contributed by atoms with E-state index >= 15 is 0 Å². The second kappa shape index (κ2) is 1.70. The van der Waals surface area contributed by atoms with Crippen molar-refractivity contribution in [3.05, 3.63) is 0 Å². The van der Waals surface area contributed by atoms with E-state index in [2.05, 4.69) is 5.32 Å². The van der Waals surface area contributed by atoms with Crippen LogP contribution in [0.5, 0.6) is 0 Å². The van der Waals surface area contributed by atoms with E-state index in [0.717, 1.165) is 13.0 Å². The summed E-state index contributed by atoms with van der Waals surface area (Å²) in [6, 6.07) is 0.483. The summed E-state index contributed by atoms with van der Waals surface area (Å²) in [6.07, 6.45) is 1.72. The molecule has 2 atom stereocenters. The van der Waals surface area contributed by atoms with Crippen molar-refractivity contribution in [2.75, 3.05) is 6.54 Å². The van der Waals surface area contributed by atoms with E-state index in [1.165, 1.54) is 0 Å². The Morgan fingerprint density at radius 2 is 2.44 bits per heavy atom. The molecule has 0 aliphatic carbocycles. The lowest BCUT2D eigenvalue weighted by Gasteiger charge is -2.03. The highest BCUT2D eigenvalue weighted by molar-refractivity contribution is 5.71. The molecule has 2 aliphatic heterocycles. The highest BCUT2D eigenvalue weighted by atomic mass is 16.6. The van der Waals surface area contributed by atoms with E-state index in [-0.39, 0.29) is 12.1 Å². The molecular formula is C6H9NO2. The largest absolute Gasteiger partial charge is 0.461 e. The summed E-state index contributed by atoms with van der Waals surface area (Å²) in [5.74, 6) is -0.0336. The van der Waals surface area contributed by atoms with Gasteiger partial charge >= 0.3 is 5.97 Å². The van der Waals surface area contributed by atoms with Crippen LogP contribution >= 0.6 is 0 Å². The van der Waals surface area contributed by atoms with Crippen molar-refractivity contribution in [1.82, 2.24) is 5.32 Å². The van der Waals surface area contributed by atoms with Crippen molar-refractivity contribution < 1.29 is 9.53 Å². The fraction of sp³-hybridized carbons (Fsp3) is 0.833. The first-order chi connectivity index (χ1) is 4.36. The van der Waals surface area contributed by atoms with E-state index in [9.17, 15) is 4.79 Å². The molecule has 0 aromatic heterocycles. The van der Waals surface area contributed by atoms with E-state index < -0.39 is 0 Å². The van der Waals surface area contributed by atoms with Gasteiger partial charge in [0.2, 0.25) is 0 Å². The van der Waals surface area contributed by atoms with Gasteiger partial charge in [0.25, 0.3) is 0 Å². The number of cyclic esters (lactones) is 1. The molecule has 50 valence electrons. The summed E-state index contributed by atoms with van der Waals surface area (Å²) in [5.41, 5.74) is 0. The molecule has 3 heteroatoms. The zero-order valence-corrected chi connectivity index (χ0v) is 5.09. The zero-order valence-electron chi connectivity index (χ0n) is 5.09. The van der Waals surface area contributed by atoms with Crippen LogP contribution < -0.4 is 5.32 Å². The number of nitrogens with one attached hydrogen (secondary N) is 1. The van der Waals surface area contributed by atoms with Gasteiger partial charge in [0, 0.05) is 13.0 Å². The van der Waals surface area contributed by atoms with Crippen LogP contribution in [0.3, 0.4) is 0 Å². The SMILES string of the molecule is O=C1CC[C@@H]([C@@H]2CN2)O1. The van der Waals surface area contributed by atoms with Gasteiger partial charge < -0.3 is 10.1 Å². The first-order valence-electron chi connectivity index (χ1n) is 3.29. The maximum Gasteiger partial charge on any atom is 0.306 e. The second-order valence-corrected chi connectivity index (χ2v) is 2.58. The molecule has 0 aromatic carbocycles. The number of esters is 1.